The third kappa shape index (κ3) is 1.89. The Hall–Kier alpha value is -1.53. The van der Waals surface area contributed by atoms with Gasteiger partial charge in [0.25, 0.3) is 0 Å². The van der Waals surface area contributed by atoms with Crippen LogP contribution in [0.3, 0.4) is 0 Å². The fourth-order valence-corrected chi connectivity index (χ4v) is 1.59. The minimum Gasteiger partial charge on any atom is -0.351 e. The Labute approximate surface area is 89.0 Å². The van der Waals surface area contributed by atoms with E-state index >= 15 is 0 Å². The normalized spacial score (nSPS) is 12.2. The molecule has 0 fully saturated rings. The summed E-state index contributed by atoms with van der Waals surface area (Å²) in [6.07, 6.45) is -4.38. The van der Waals surface area contributed by atoms with Gasteiger partial charge >= 0.3 is 6.18 Å². The molecule has 0 saturated carbocycles. The Kier molecular flexibility index (Phi) is 2.61. The van der Waals surface area contributed by atoms with Gasteiger partial charge in [0.15, 0.2) is 0 Å². The average molecular weight is 230 g/mol. The van der Waals surface area contributed by atoms with Crippen LogP contribution in [0.2, 0.25) is 0 Å². The highest BCUT2D eigenvalue weighted by Crippen LogP contribution is 2.32. The van der Waals surface area contributed by atoms with E-state index in [2.05, 4.69) is 9.82 Å². The van der Waals surface area contributed by atoms with Crippen LogP contribution >= 0.6 is 0 Å². The van der Waals surface area contributed by atoms with E-state index in [1.807, 2.05) is 0 Å². The Morgan fingerprint density at radius 1 is 1.31 bits per heavy atom. The highest BCUT2D eigenvalue weighted by atomic mass is 19.4. The zero-order chi connectivity index (χ0) is 11.8. The van der Waals surface area contributed by atoms with Gasteiger partial charge in [-0.25, -0.2) is 5.90 Å². The van der Waals surface area contributed by atoms with Crippen molar-refractivity contribution in [3.63, 3.8) is 0 Å². The van der Waals surface area contributed by atoms with E-state index in [1.165, 1.54) is 0 Å². The van der Waals surface area contributed by atoms with Gasteiger partial charge in [0, 0.05) is 10.9 Å². The lowest BCUT2D eigenvalue weighted by molar-refractivity contribution is -0.140. The SMILES string of the molecule is NOCc1cccc2[nH]c(C(F)(F)F)cc12. The number of hydrogen-bond donors (Lipinski definition) is 2. The smallest absolute Gasteiger partial charge is 0.351 e. The van der Waals surface area contributed by atoms with Crippen LogP contribution in [-0.2, 0) is 17.6 Å². The number of alkyl halides is 3. The molecule has 2 rings (SSSR count). The number of halogens is 3. The molecule has 0 saturated heterocycles. The second-order valence-electron chi connectivity index (χ2n) is 3.37. The molecule has 6 heteroatoms. The number of hydrogen-bond acceptors (Lipinski definition) is 2. The second-order valence-corrected chi connectivity index (χ2v) is 3.37. The molecule has 0 amide bonds. The van der Waals surface area contributed by atoms with Gasteiger partial charge in [0.1, 0.15) is 5.69 Å². The van der Waals surface area contributed by atoms with Crippen molar-refractivity contribution in [3.05, 3.63) is 35.5 Å². The van der Waals surface area contributed by atoms with E-state index in [-0.39, 0.29) is 6.61 Å². The third-order valence-electron chi connectivity index (χ3n) is 2.30. The summed E-state index contributed by atoms with van der Waals surface area (Å²) in [6.45, 7) is 0.0759. The number of fused-ring (bicyclic) bond motifs is 1. The molecule has 86 valence electrons. The quantitative estimate of drug-likeness (QED) is 0.779. The molecule has 1 aromatic heterocycles. The minimum absolute atomic E-state index is 0.0759. The summed E-state index contributed by atoms with van der Waals surface area (Å²) >= 11 is 0. The molecule has 3 N–H and O–H groups in total. The van der Waals surface area contributed by atoms with Crippen molar-refractivity contribution < 1.29 is 18.0 Å². The maximum absolute atomic E-state index is 12.5. The zero-order valence-corrected chi connectivity index (χ0v) is 8.14. The van der Waals surface area contributed by atoms with Crippen LogP contribution in [0.4, 0.5) is 13.2 Å². The molecule has 0 atom stereocenters. The van der Waals surface area contributed by atoms with Crippen LogP contribution in [0.1, 0.15) is 11.3 Å². The Balaban J connectivity index is 2.57. The van der Waals surface area contributed by atoms with E-state index in [0.717, 1.165) is 6.07 Å². The van der Waals surface area contributed by atoms with E-state index in [9.17, 15) is 13.2 Å². The highest BCUT2D eigenvalue weighted by molar-refractivity contribution is 5.84. The number of H-pyrrole nitrogens is 1. The molecule has 0 radical (unpaired) electrons. The number of nitrogens with two attached hydrogens (primary N) is 1. The van der Waals surface area contributed by atoms with Crippen molar-refractivity contribution in [3.8, 4) is 0 Å². The summed E-state index contributed by atoms with van der Waals surface area (Å²) in [5.41, 5.74) is 0.264. The van der Waals surface area contributed by atoms with Crippen molar-refractivity contribution in [2.45, 2.75) is 12.8 Å². The lowest BCUT2D eigenvalue weighted by atomic mass is 10.1. The molecule has 2 aromatic rings. The van der Waals surface area contributed by atoms with Crippen LogP contribution in [0.15, 0.2) is 24.3 Å². The van der Waals surface area contributed by atoms with Gasteiger partial charge in [-0.3, -0.25) is 4.84 Å². The van der Waals surface area contributed by atoms with Crippen LogP contribution in [0, 0.1) is 0 Å². The maximum Gasteiger partial charge on any atom is 0.431 e. The molecule has 0 unspecified atom stereocenters. The number of aromatic amines is 1. The summed E-state index contributed by atoms with van der Waals surface area (Å²) in [4.78, 5) is 6.75. The number of nitrogens with one attached hydrogen (secondary N) is 1. The predicted octanol–water partition coefficient (Wildman–Crippen LogP) is 2.58. The topological polar surface area (TPSA) is 51.0 Å². The first kappa shape index (κ1) is 11.0. The number of aromatic nitrogens is 1. The Morgan fingerprint density at radius 2 is 2.06 bits per heavy atom. The number of rotatable bonds is 2. The molecular weight excluding hydrogens is 221 g/mol. The minimum atomic E-state index is -4.38. The summed E-state index contributed by atoms with van der Waals surface area (Å²) in [7, 11) is 0. The van der Waals surface area contributed by atoms with E-state index in [0.29, 0.717) is 16.5 Å². The predicted molar refractivity (Wildman–Crippen MR) is 52.3 cm³/mol. The lowest BCUT2D eigenvalue weighted by Crippen LogP contribution is -2.04. The first-order valence-electron chi connectivity index (χ1n) is 4.52. The van der Waals surface area contributed by atoms with Gasteiger partial charge in [-0.2, -0.15) is 13.2 Å². The van der Waals surface area contributed by atoms with Crippen LogP contribution < -0.4 is 5.90 Å². The standard InChI is InChI=1S/C10H9F3N2O/c11-10(12,13)9-4-7-6(5-16-14)2-1-3-8(7)15-9/h1-4,15H,5,14H2. The second kappa shape index (κ2) is 3.80. The van der Waals surface area contributed by atoms with Gasteiger partial charge in [-0.15, -0.1) is 0 Å². The van der Waals surface area contributed by atoms with Crippen molar-refractivity contribution in [2.75, 3.05) is 0 Å². The molecular formula is C10H9F3N2O. The van der Waals surface area contributed by atoms with E-state index < -0.39 is 11.9 Å². The molecule has 1 aromatic carbocycles. The highest BCUT2D eigenvalue weighted by Gasteiger charge is 2.32. The maximum atomic E-state index is 12.5. The van der Waals surface area contributed by atoms with Crippen LogP contribution in [-0.4, -0.2) is 4.98 Å². The molecule has 0 bridgehead atoms. The molecule has 1 heterocycles. The van der Waals surface area contributed by atoms with Crippen molar-refractivity contribution >= 4 is 10.9 Å². The first-order chi connectivity index (χ1) is 7.52. The molecule has 3 nitrogen and oxygen atoms in total. The first-order valence-corrected chi connectivity index (χ1v) is 4.52. The van der Waals surface area contributed by atoms with Crippen LogP contribution in [0.5, 0.6) is 0 Å². The molecule has 0 aliphatic carbocycles. The molecule has 0 spiro atoms. The summed E-state index contributed by atoms with van der Waals surface area (Å²) in [5.74, 6) is 4.91. The monoisotopic (exact) mass is 230 g/mol. The molecule has 0 aliphatic rings. The largest absolute Gasteiger partial charge is 0.431 e. The van der Waals surface area contributed by atoms with Gasteiger partial charge in [0.2, 0.25) is 0 Å². The van der Waals surface area contributed by atoms with Crippen LogP contribution in [0.25, 0.3) is 10.9 Å². The van der Waals surface area contributed by atoms with E-state index in [4.69, 9.17) is 5.90 Å². The van der Waals surface area contributed by atoms with Crippen molar-refractivity contribution in [1.82, 2.24) is 4.98 Å². The van der Waals surface area contributed by atoms with Gasteiger partial charge < -0.3 is 4.98 Å². The zero-order valence-electron chi connectivity index (χ0n) is 8.14. The fourth-order valence-electron chi connectivity index (χ4n) is 1.59. The van der Waals surface area contributed by atoms with E-state index in [1.54, 1.807) is 18.2 Å². The summed E-state index contributed by atoms with van der Waals surface area (Å²) < 4.78 is 37.4. The van der Waals surface area contributed by atoms with Gasteiger partial charge in [0.05, 0.1) is 6.61 Å². The molecule has 16 heavy (non-hydrogen) atoms. The fraction of sp³-hybridized carbons (Fsp3) is 0.200. The average Bonchev–Trinajstić information content (AvgIpc) is 2.62. The van der Waals surface area contributed by atoms with Gasteiger partial charge in [-0.05, 0) is 17.7 Å². The third-order valence-corrected chi connectivity index (χ3v) is 2.30. The Bertz CT molecular complexity index is 504. The number of benzene rings is 1. The lowest BCUT2D eigenvalue weighted by Gasteiger charge is -2.00. The molecule has 0 aliphatic heterocycles. The van der Waals surface area contributed by atoms with Crippen molar-refractivity contribution in [2.24, 2.45) is 5.90 Å². The Morgan fingerprint density at radius 3 is 2.69 bits per heavy atom. The van der Waals surface area contributed by atoms with Gasteiger partial charge in [-0.1, -0.05) is 12.1 Å². The summed E-state index contributed by atoms with van der Waals surface area (Å²) in [6, 6.07) is 5.95. The summed E-state index contributed by atoms with van der Waals surface area (Å²) in [5, 5.41) is 0.472. The van der Waals surface area contributed by atoms with Crippen molar-refractivity contribution in [1.29, 1.82) is 0 Å².